The zero-order valence-corrected chi connectivity index (χ0v) is 15.7. The highest BCUT2D eigenvalue weighted by Gasteiger charge is 2.17. The third kappa shape index (κ3) is 3.65. The quantitative estimate of drug-likeness (QED) is 0.484. The minimum atomic E-state index is -0.668. The first-order chi connectivity index (χ1) is 13.6. The Morgan fingerprint density at radius 1 is 1.21 bits per heavy atom. The maximum Gasteiger partial charge on any atom is 0.359 e. The third-order valence-corrected chi connectivity index (χ3v) is 4.85. The number of thiazole rings is 1. The zero-order valence-electron chi connectivity index (χ0n) is 14.9. The van der Waals surface area contributed by atoms with Gasteiger partial charge in [0.15, 0.2) is 17.4 Å². The van der Waals surface area contributed by atoms with Crippen LogP contribution in [0.3, 0.4) is 0 Å². The Bertz CT molecular complexity index is 1170. The van der Waals surface area contributed by atoms with Crippen molar-refractivity contribution in [2.75, 3.05) is 18.5 Å². The molecule has 0 saturated heterocycles. The van der Waals surface area contributed by atoms with Gasteiger partial charge in [-0.1, -0.05) is 29.5 Å². The smallest absolute Gasteiger partial charge is 0.359 e. The van der Waals surface area contributed by atoms with Gasteiger partial charge in [-0.3, -0.25) is 15.2 Å². The maximum atomic E-state index is 12.2. The molecule has 0 unspecified atom stereocenters. The van der Waals surface area contributed by atoms with Crippen LogP contribution >= 0.6 is 11.3 Å². The number of H-pyrrole nitrogens is 1. The minimum absolute atomic E-state index is 0.145. The first kappa shape index (κ1) is 17.9. The number of para-hydroxylation sites is 1. The molecule has 4 aromatic rings. The third-order valence-electron chi connectivity index (χ3n) is 3.92. The molecule has 8 nitrogen and oxygen atoms in total. The van der Waals surface area contributed by atoms with Crippen LogP contribution in [0.2, 0.25) is 0 Å². The van der Waals surface area contributed by atoms with E-state index in [9.17, 15) is 9.59 Å². The molecular formula is C19H16N4O4S. The van der Waals surface area contributed by atoms with Crippen molar-refractivity contribution < 1.29 is 19.1 Å². The van der Waals surface area contributed by atoms with Crippen molar-refractivity contribution in [2.45, 2.75) is 6.92 Å². The first-order valence-corrected chi connectivity index (χ1v) is 9.39. The summed E-state index contributed by atoms with van der Waals surface area (Å²) in [6, 6.07) is 12.7. The number of rotatable bonds is 6. The molecule has 0 radical (unpaired) electrons. The second-order valence-corrected chi connectivity index (χ2v) is 6.85. The number of benzene rings is 2. The van der Waals surface area contributed by atoms with Crippen molar-refractivity contribution in [2.24, 2.45) is 0 Å². The summed E-state index contributed by atoms with van der Waals surface area (Å²) < 4.78 is 11.4. The molecule has 0 spiro atoms. The van der Waals surface area contributed by atoms with Gasteiger partial charge in [0, 0.05) is 5.39 Å². The molecule has 0 fully saturated rings. The minimum Gasteiger partial charge on any atom is -0.494 e. The topological polar surface area (TPSA) is 106 Å². The van der Waals surface area contributed by atoms with E-state index in [1.54, 1.807) is 18.2 Å². The fourth-order valence-corrected chi connectivity index (χ4v) is 3.60. The van der Waals surface area contributed by atoms with Crippen LogP contribution in [0.15, 0.2) is 42.5 Å². The Balaban J connectivity index is 1.39. The Morgan fingerprint density at radius 3 is 2.93 bits per heavy atom. The molecule has 0 aliphatic heterocycles. The van der Waals surface area contributed by atoms with E-state index in [4.69, 9.17) is 9.47 Å². The standard InChI is InChI=1S/C19H16N4O4S/c1-2-26-11-7-8-14-15(9-11)28-19(20-14)21-16(24)10-27-18(25)17-12-5-3-4-6-13(12)22-23-17/h3-9H,2,10H2,1H3,(H,22,23)(H,20,21,24). The number of hydrogen-bond donors (Lipinski definition) is 2. The molecule has 0 saturated carbocycles. The molecule has 1 amide bonds. The van der Waals surface area contributed by atoms with E-state index in [-0.39, 0.29) is 5.69 Å². The van der Waals surface area contributed by atoms with Crippen molar-refractivity contribution in [3.63, 3.8) is 0 Å². The number of nitrogens with zero attached hydrogens (tertiary/aromatic N) is 2. The van der Waals surface area contributed by atoms with E-state index in [0.717, 1.165) is 21.5 Å². The number of ether oxygens (including phenoxy) is 2. The zero-order chi connectivity index (χ0) is 19.5. The molecule has 2 aromatic carbocycles. The summed E-state index contributed by atoms with van der Waals surface area (Å²) in [4.78, 5) is 28.7. The molecule has 142 valence electrons. The summed E-state index contributed by atoms with van der Waals surface area (Å²) in [5.41, 5.74) is 1.62. The second kappa shape index (κ2) is 7.65. The van der Waals surface area contributed by atoms with Crippen molar-refractivity contribution in [3.05, 3.63) is 48.2 Å². The lowest BCUT2D eigenvalue weighted by atomic mass is 10.2. The van der Waals surface area contributed by atoms with Crippen LogP contribution in [-0.2, 0) is 9.53 Å². The predicted molar refractivity (Wildman–Crippen MR) is 106 cm³/mol. The Labute approximate surface area is 163 Å². The van der Waals surface area contributed by atoms with Crippen molar-refractivity contribution in [3.8, 4) is 5.75 Å². The number of fused-ring (bicyclic) bond motifs is 2. The number of anilines is 1. The summed E-state index contributed by atoms with van der Waals surface area (Å²) in [5, 5.41) is 10.4. The number of carbonyl (C=O) groups excluding carboxylic acids is 2. The first-order valence-electron chi connectivity index (χ1n) is 8.57. The van der Waals surface area contributed by atoms with E-state index >= 15 is 0 Å². The average Bonchev–Trinajstić information content (AvgIpc) is 3.29. The molecule has 0 bridgehead atoms. The van der Waals surface area contributed by atoms with E-state index in [0.29, 0.717) is 17.1 Å². The maximum absolute atomic E-state index is 12.2. The lowest BCUT2D eigenvalue weighted by Gasteiger charge is -2.03. The molecule has 9 heteroatoms. The molecule has 0 aliphatic carbocycles. The summed E-state index contributed by atoms with van der Waals surface area (Å²) in [6.07, 6.45) is 0. The van der Waals surface area contributed by atoms with E-state index in [1.807, 2.05) is 31.2 Å². The molecule has 2 aromatic heterocycles. The van der Waals surface area contributed by atoms with E-state index in [2.05, 4.69) is 20.5 Å². The number of carbonyl (C=O) groups is 2. The fourth-order valence-electron chi connectivity index (χ4n) is 2.69. The highest BCUT2D eigenvalue weighted by molar-refractivity contribution is 7.22. The van der Waals surface area contributed by atoms with Crippen LogP contribution in [-0.4, -0.2) is 40.3 Å². The van der Waals surface area contributed by atoms with Gasteiger partial charge in [-0.25, -0.2) is 9.78 Å². The van der Waals surface area contributed by atoms with Gasteiger partial charge in [0.25, 0.3) is 5.91 Å². The Kier molecular flexibility index (Phi) is 4.90. The van der Waals surface area contributed by atoms with Crippen LogP contribution in [0.5, 0.6) is 5.75 Å². The van der Waals surface area contributed by atoms with Gasteiger partial charge in [-0.2, -0.15) is 5.10 Å². The van der Waals surface area contributed by atoms with Crippen LogP contribution in [0.4, 0.5) is 5.13 Å². The van der Waals surface area contributed by atoms with Crippen molar-refractivity contribution in [1.29, 1.82) is 0 Å². The molecule has 28 heavy (non-hydrogen) atoms. The Morgan fingerprint density at radius 2 is 2.07 bits per heavy atom. The summed E-state index contributed by atoms with van der Waals surface area (Å²) in [5.74, 6) is -0.396. The largest absolute Gasteiger partial charge is 0.494 e. The van der Waals surface area contributed by atoms with Crippen LogP contribution in [0.25, 0.3) is 21.1 Å². The van der Waals surface area contributed by atoms with Crippen molar-refractivity contribution >= 4 is 49.5 Å². The van der Waals surface area contributed by atoms with Gasteiger partial charge in [-0.05, 0) is 31.2 Å². The fraction of sp³-hybridized carbons (Fsp3) is 0.158. The average molecular weight is 396 g/mol. The molecule has 0 atom stereocenters. The van der Waals surface area contributed by atoms with Crippen LogP contribution in [0, 0.1) is 0 Å². The van der Waals surface area contributed by atoms with E-state index < -0.39 is 18.5 Å². The summed E-state index contributed by atoms with van der Waals surface area (Å²) >= 11 is 1.32. The van der Waals surface area contributed by atoms with Crippen LogP contribution < -0.4 is 10.1 Å². The molecule has 4 rings (SSSR count). The Hall–Kier alpha value is -3.46. The number of esters is 1. The highest BCUT2D eigenvalue weighted by Crippen LogP contribution is 2.29. The molecule has 2 N–H and O–H groups in total. The number of nitrogens with one attached hydrogen (secondary N) is 2. The number of hydrogen-bond acceptors (Lipinski definition) is 7. The summed E-state index contributed by atoms with van der Waals surface area (Å²) in [7, 11) is 0. The predicted octanol–water partition coefficient (Wildman–Crippen LogP) is 3.37. The molecule has 0 aliphatic rings. The number of aromatic amines is 1. The highest BCUT2D eigenvalue weighted by atomic mass is 32.1. The molecular weight excluding hydrogens is 380 g/mol. The summed E-state index contributed by atoms with van der Waals surface area (Å²) in [6.45, 7) is 2.06. The van der Waals surface area contributed by atoms with E-state index in [1.165, 1.54) is 11.3 Å². The van der Waals surface area contributed by atoms with Gasteiger partial charge in [0.1, 0.15) is 5.75 Å². The van der Waals surface area contributed by atoms with Crippen molar-refractivity contribution in [1.82, 2.24) is 15.2 Å². The SMILES string of the molecule is CCOc1ccc2nc(NC(=O)COC(=O)c3n[nH]c4ccccc34)sc2c1. The number of aromatic nitrogens is 3. The number of amides is 1. The van der Waals surface area contributed by atoms with Gasteiger partial charge in [0.05, 0.1) is 22.3 Å². The van der Waals surface area contributed by atoms with Crippen LogP contribution in [0.1, 0.15) is 17.4 Å². The molecule has 2 heterocycles. The van der Waals surface area contributed by atoms with Gasteiger partial charge in [-0.15, -0.1) is 0 Å². The van der Waals surface area contributed by atoms with Gasteiger partial charge < -0.3 is 9.47 Å². The lowest BCUT2D eigenvalue weighted by molar-refractivity contribution is -0.119. The second-order valence-electron chi connectivity index (χ2n) is 5.82. The monoisotopic (exact) mass is 396 g/mol. The van der Waals surface area contributed by atoms with Gasteiger partial charge in [0.2, 0.25) is 0 Å². The lowest BCUT2D eigenvalue weighted by Crippen LogP contribution is -2.21. The van der Waals surface area contributed by atoms with Gasteiger partial charge >= 0.3 is 5.97 Å². The normalized spacial score (nSPS) is 10.9.